The maximum absolute atomic E-state index is 14.1. The third kappa shape index (κ3) is 9.70. The number of likely N-dealkylation sites (N-methyl/N-ethyl adjacent to an activating group) is 1. The molecule has 2 aromatic heterocycles. The molecule has 2 atom stereocenters. The molecule has 1 unspecified atom stereocenters. The van der Waals surface area contributed by atoms with Gasteiger partial charge in [0.15, 0.2) is 0 Å². The molecule has 0 aliphatic rings. The summed E-state index contributed by atoms with van der Waals surface area (Å²) in [6.07, 6.45) is -3.05. The normalized spacial score (nSPS) is 13.2. The van der Waals surface area contributed by atoms with Crippen LogP contribution in [0.3, 0.4) is 0 Å². The summed E-state index contributed by atoms with van der Waals surface area (Å²) >= 11 is 8.93. The van der Waals surface area contributed by atoms with Gasteiger partial charge in [-0.1, -0.05) is 44.3 Å². The maximum Gasteiger partial charge on any atom is 0.416 e. The van der Waals surface area contributed by atoms with Crippen LogP contribution in [0.4, 0.5) is 13.2 Å². The van der Waals surface area contributed by atoms with Crippen molar-refractivity contribution >= 4 is 40.0 Å². The Morgan fingerprint density at radius 3 is 2.33 bits per heavy atom. The van der Waals surface area contributed by atoms with Gasteiger partial charge in [-0.25, -0.2) is 4.98 Å². The maximum atomic E-state index is 14.1. The van der Waals surface area contributed by atoms with Crippen molar-refractivity contribution in [1.82, 2.24) is 19.8 Å². The number of aryl methyl sites for hydroxylation is 2. The second kappa shape index (κ2) is 15.5. The highest BCUT2D eigenvalue weighted by molar-refractivity contribution is 9.10. The number of nitrogens with zero attached hydrogens (tertiary/aromatic N) is 3. The third-order valence-electron chi connectivity index (χ3n) is 7.49. The van der Waals surface area contributed by atoms with Crippen LogP contribution in [0.2, 0.25) is 0 Å². The fourth-order valence-corrected chi connectivity index (χ4v) is 6.04. The highest BCUT2D eigenvalue weighted by Gasteiger charge is 2.35. The summed E-state index contributed by atoms with van der Waals surface area (Å²) in [5.41, 5.74) is 3.61. The first-order valence-corrected chi connectivity index (χ1v) is 15.8. The van der Waals surface area contributed by atoms with Crippen molar-refractivity contribution < 1.29 is 27.5 Å². The van der Waals surface area contributed by atoms with Gasteiger partial charge in [0, 0.05) is 12.7 Å². The van der Waals surface area contributed by atoms with Gasteiger partial charge in [-0.2, -0.15) is 13.2 Å². The van der Waals surface area contributed by atoms with Crippen molar-refractivity contribution in [2.24, 2.45) is 5.92 Å². The van der Waals surface area contributed by atoms with E-state index in [9.17, 15) is 22.8 Å². The third-order valence-corrected chi connectivity index (χ3v) is 8.22. The Kier molecular flexibility index (Phi) is 12.5. The molecule has 1 aromatic carbocycles. The largest absolute Gasteiger partial charge is 0.469 e. The molecule has 0 aliphatic carbocycles. The topological polar surface area (TPSA) is 76.5 Å². The number of carbonyl (C=O) groups is 2. The van der Waals surface area contributed by atoms with Crippen molar-refractivity contribution in [3.63, 3.8) is 0 Å². The number of ether oxygens (including phenoxy) is 1. The number of rotatable bonds is 12. The Hall–Kier alpha value is -3.09. The smallest absolute Gasteiger partial charge is 0.416 e. The lowest BCUT2D eigenvalue weighted by molar-refractivity contribution is -0.141. The van der Waals surface area contributed by atoms with Crippen LogP contribution < -0.4 is 5.32 Å². The van der Waals surface area contributed by atoms with Gasteiger partial charge < -0.3 is 19.5 Å². The van der Waals surface area contributed by atoms with Crippen LogP contribution in [0.25, 0.3) is 11.1 Å². The highest BCUT2D eigenvalue weighted by Crippen LogP contribution is 2.35. The molecule has 3 rings (SSSR count). The molecule has 1 amide bonds. The second-order valence-corrected chi connectivity index (χ2v) is 13.1. The molecule has 1 N–H and O–H groups in total. The predicted molar refractivity (Wildman–Crippen MR) is 175 cm³/mol. The van der Waals surface area contributed by atoms with Crippen molar-refractivity contribution in [3.05, 3.63) is 79.8 Å². The molecule has 0 saturated carbocycles. The van der Waals surface area contributed by atoms with E-state index in [1.807, 2.05) is 58.0 Å². The van der Waals surface area contributed by atoms with E-state index in [1.165, 1.54) is 17.9 Å². The number of aromatic nitrogens is 2. The minimum absolute atomic E-state index is 0.00569. The van der Waals surface area contributed by atoms with Crippen molar-refractivity contribution in [3.8, 4) is 11.1 Å². The Labute approximate surface area is 276 Å². The highest BCUT2D eigenvalue weighted by atomic mass is 79.9. The summed E-state index contributed by atoms with van der Waals surface area (Å²) in [5, 5.41) is 2.96. The monoisotopic (exact) mass is 708 g/mol. The van der Waals surface area contributed by atoms with E-state index in [0.29, 0.717) is 23.3 Å². The molecule has 0 spiro atoms. The number of hydrogen-bond donors (Lipinski definition) is 1. The van der Waals surface area contributed by atoms with Gasteiger partial charge in [0.25, 0.3) is 0 Å². The number of halogens is 4. The predicted octanol–water partition coefficient (Wildman–Crippen LogP) is 7.79. The lowest BCUT2D eigenvalue weighted by Gasteiger charge is -2.27. The number of methoxy groups -OCH3 is 1. The average Bonchev–Trinajstić information content (AvgIpc) is 2.93. The number of esters is 1. The first kappa shape index (κ1) is 36.4. The van der Waals surface area contributed by atoms with E-state index < -0.39 is 35.7 Å². The molecule has 0 aliphatic heterocycles. The van der Waals surface area contributed by atoms with E-state index in [2.05, 4.69) is 26.2 Å². The zero-order chi connectivity index (χ0) is 33.6. The SMILES string of the molecule is COC(=O)C[C@H](NC(=O)C(CC(C)C)n1cc(CCN(C)C)c(C(F)(F)F)cc1=S)c1cc(-c2c(C)cccc2C)cc(Br)n1. The number of nitrogens with one attached hydrogen (secondary N) is 1. The molecule has 244 valence electrons. The van der Waals surface area contributed by atoms with E-state index in [1.54, 1.807) is 19.0 Å². The molecule has 0 bridgehead atoms. The Balaban J connectivity index is 2.11. The van der Waals surface area contributed by atoms with E-state index in [0.717, 1.165) is 28.3 Å². The first-order valence-electron chi connectivity index (χ1n) is 14.6. The first-order chi connectivity index (χ1) is 21.0. The van der Waals surface area contributed by atoms with Crippen LogP contribution in [-0.2, 0) is 26.9 Å². The van der Waals surface area contributed by atoms with Crippen LogP contribution in [-0.4, -0.2) is 54.1 Å². The molecule has 0 fully saturated rings. The molecule has 3 aromatic rings. The molecule has 0 radical (unpaired) electrons. The quantitative estimate of drug-likeness (QED) is 0.118. The number of hydrogen-bond acceptors (Lipinski definition) is 6. The fraction of sp³-hybridized carbons (Fsp3) is 0.455. The molecular formula is C33H40BrF3N4O3S. The van der Waals surface area contributed by atoms with Crippen LogP contribution >= 0.6 is 28.1 Å². The minimum atomic E-state index is -4.60. The number of alkyl halides is 3. The van der Waals surface area contributed by atoms with Crippen LogP contribution in [0.1, 0.15) is 66.7 Å². The van der Waals surface area contributed by atoms with E-state index >= 15 is 0 Å². The molecule has 12 heteroatoms. The van der Waals surface area contributed by atoms with Crippen LogP contribution in [0, 0.1) is 24.4 Å². The van der Waals surface area contributed by atoms with Crippen molar-refractivity contribution in [2.45, 2.75) is 65.2 Å². The standard InChI is InChI=1S/C33H40BrF3N4O3S/c1-19(2)13-27(41-18-22(11-12-40(5)6)24(16-29(41)45)33(35,36)37)32(43)39-26(17-30(42)44-7)25-14-23(15-28(34)38-25)31-20(3)9-8-10-21(31)4/h8-10,14-16,18-19,26-27H,11-13,17H2,1-7H3,(H,39,43)/t26-,27?/m0/s1. The summed E-state index contributed by atoms with van der Waals surface area (Å²) in [4.78, 5) is 33.0. The Morgan fingerprint density at radius 1 is 1.13 bits per heavy atom. The minimum Gasteiger partial charge on any atom is -0.469 e. The van der Waals surface area contributed by atoms with Crippen molar-refractivity contribution in [1.29, 1.82) is 0 Å². The Morgan fingerprint density at radius 2 is 1.78 bits per heavy atom. The zero-order valence-electron chi connectivity index (χ0n) is 26.6. The zero-order valence-corrected chi connectivity index (χ0v) is 29.0. The number of pyridine rings is 2. The molecule has 0 saturated heterocycles. The summed E-state index contributed by atoms with van der Waals surface area (Å²) in [6.45, 7) is 8.21. The summed E-state index contributed by atoms with van der Waals surface area (Å²) in [6, 6.07) is 8.77. The lowest BCUT2D eigenvalue weighted by atomic mass is 9.95. The Bertz CT molecular complexity index is 1570. The van der Waals surface area contributed by atoms with Gasteiger partial charge in [0.2, 0.25) is 5.91 Å². The second-order valence-electron chi connectivity index (χ2n) is 11.9. The molecular weight excluding hydrogens is 669 g/mol. The van der Waals surface area contributed by atoms with Gasteiger partial charge in [0.05, 0.1) is 30.8 Å². The van der Waals surface area contributed by atoms with Gasteiger partial charge in [-0.15, -0.1) is 0 Å². The van der Waals surface area contributed by atoms with Crippen LogP contribution in [0.15, 0.2) is 47.2 Å². The fourth-order valence-electron chi connectivity index (χ4n) is 5.29. The van der Waals surface area contributed by atoms with Gasteiger partial charge in [0.1, 0.15) is 15.3 Å². The van der Waals surface area contributed by atoms with E-state index in [-0.39, 0.29) is 29.0 Å². The van der Waals surface area contributed by atoms with E-state index in [4.69, 9.17) is 17.0 Å². The van der Waals surface area contributed by atoms with Crippen LogP contribution in [0.5, 0.6) is 0 Å². The lowest BCUT2D eigenvalue weighted by Crippen LogP contribution is -2.38. The van der Waals surface area contributed by atoms with Gasteiger partial charge >= 0.3 is 12.1 Å². The number of amides is 1. The summed E-state index contributed by atoms with van der Waals surface area (Å²) in [5.74, 6) is -1.07. The summed E-state index contributed by atoms with van der Waals surface area (Å²) in [7, 11) is 4.82. The van der Waals surface area contributed by atoms with Crippen molar-refractivity contribution in [2.75, 3.05) is 27.7 Å². The van der Waals surface area contributed by atoms with Gasteiger partial charge in [-0.05, 0) is 109 Å². The number of benzene rings is 1. The molecule has 2 heterocycles. The number of carbonyl (C=O) groups excluding carboxylic acids is 2. The molecule has 45 heavy (non-hydrogen) atoms. The average molecular weight is 710 g/mol. The van der Waals surface area contributed by atoms with Gasteiger partial charge in [-0.3, -0.25) is 9.59 Å². The summed E-state index contributed by atoms with van der Waals surface area (Å²) < 4.78 is 48.8. The molecule has 7 nitrogen and oxygen atoms in total.